The molecule has 0 aliphatic carbocycles. The summed E-state index contributed by atoms with van der Waals surface area (Å²) in [5, 5.41) is 26.2. The van der Waals surface area contributed by atoms with Gasteiger partial charge in [0.05, 0.1) is 62.4 Å². The average Bonchev–Trinajstić information content (AvgIpc) is 0.831. The maximum Gasteiger partial charge on any atom is 0.256 e. The molecule has 4 heterocycles. The van der Waals surface area contributed by atoms with Crippen molar-refractivity contribution in [3.8, 4) is 68.4 Å². The van der Waals surface area contributed by atoms with Crippen LogP contribution in [0.1, 0.15) is 37.5 Å². The number of hydrogen-bond acceptors (Lipinski definition) is 5. The van der Waals surface area contributed by atoms with Crippen LogP contribution in [-0.4, -0.2) is 15.8 Å². The summed E-state index contributed by atoms with van der Waals surface area (Å²) in [6.45, 7) is 6.53. The summed E-state index contributed by atoms with van der Waals surface area (Å²) in [4.78, 5) is 4.76. The van der Waals surface area contributed by atoms with Crippen molar-refractivity contribution in [2.75, 3.05) is 9.80 Å². The van der Waals surface area contributed by atoms with Crippen LogP contribution in [-0.2, 0) is 5.41 Å². The summed E-state index contributed by atoms with van der Waals surface area (Å²) in [6.07, 6.45) is 0. The third-order valence-electron chi connectivity index (χ3n) is 18.8. The predicted octanol–water partition coefficient (Wildman–Crippen LogP) is 19.8. The minimum Gasteiger partial charge on any atom is -0.458 e. The first-order valence-corrected chi connectivity index (χ1v) is 31.3. The fraction of sp³-hybridized carbons (Fsp3) is 0.0476. The largest absolute Gasteiger partial charge is 0.458 e. The summed E-state index contributed by atoms with van der Waals surface area (Å²) in [7, 11) is 0. The maximum atomic E-state index is 10.9. The lowest BCUT2D eigenvalue weighted by Gasteiger charge is -2.41. The average molecular weight is 1180 g/mol. The van der Waals surface area contributed by atoms with Gasteiger partial charge in [-0.05, 0) is 171 Å². The Bertz CT molecular complexity index is 5450. The zero-order chi connectivity index (χ0) is 61.8. The Labute approximate surface area is 534 Å². The molecule has 0 fully saturated rings. The first-order chi connectivity index (χ1) is 45.2. The van der Waals surface area contributed by atoms with Crippen LogP contribution in [0, 0.1) is 22.7 Å². The number of para-hydroxylation sites is 6. The third-order valence-corrected chi connectivity index (χ3v) is 18.8. The molecule has 0 saturated heterocycles. The molecule has 0 bridgehead atoms. The number of anilines is 6. The number of hydrogen-bond donors (Lipinski definition) is 0. The number of fused-ring (bicyclic) bond motifs is 10. The van der Waals surface area contributed by atoms with Crippen molar-refractivity contribution in [2.45, 2.75) is 26.2 Å². The Morgan fingerprint density at radius 1 is 0.380 bits per heavy atom. The number of benzene rings is 13. The molecule has 0 atom stereocenters. The van der Waals surface area contributed by atoms with Crippen molar-refractivity contribution in [2.24, 2.45) is 0 Å². The van der Waals surface area contributed by atoms with Gasteiger partial charge in [-0.2, -0.15) is 10.5 Å². The number of aromatic nitrogens is 2. The van der Waals surface area contributed by atoms with Crippen LogP contribution in [0.15, 0.2) is 291 Å². The van der Waals surface area contributed by atoms with Crippen molar-refractivity contribution in [1.29, 1.82) is 10.5 Å². The summed E-state index contributed by atoms with van der Waals surface area (Å²) in [5.41, 5.74) is 23.3. The summed E-state index contributed by atoms with van der Waals surface area (Å²) >= 11 is 0. The van der Waals surface area contributed by atoms with Gasteiger partial charge in [-0.1, -0.05) is 185 Å². The van der Waals surface area contributed by atoms with Crippen LogP contribution in [0.25, 0.3) is 88.4 Å². The van der Waals surface area contributed by atoms with Gasteiger partial charge in [-0.3, -0.25) is 0 Å². The second kappa shape index (κ2) is 21.3. The molecule has 13 aromatic carbocycles. The molecule has 2 aliphatic heterocycles. The van der Waals surface area contributed by atoms with E-state index in [1.54, 1.807) is 0 Å². The van der Waals surface area contributed by atoms with E-state index in [1.165, 1.54) is 16.3 Å². The minimum atomic E-state index is -0.309. The molecule has 7 nitrogen and oxygen atoms in total. The van der Waals surface area contributed by atoms with Gasteiger partial charge in [0.15, 0.2) is 0 Å². The van der Waals surface area contributed by atoms with Gasteiger partial charge >= 0.3 is 0 Å². The van der Waals surface area contributed by atoms with Crippen molar-refractivity contribution >= 4 is 101 Å². The molecular formula is C84H57BN6O. The molecule has 17 rings (SSSR count). The minimum absolute atomic E-state index is 0.154. The van der Waals surface area contributed by atoms with Gasteiger partial charge in [0.2, 0.25) is 0 Å². The highest BCUT2D eigenvalue weighted by atomic mass is 16.5. The lowest BCUT2D eigenvalue weighted by atomic mass is 9.34. The Kier molecular flexibility index (Phi) is 12.5. The molecule has 8 heteroatoms. The monoisotopic (exact) mass is 1180 g/mol. The zero-order valence-electron chi connectivity index (χ0n) is 50.9. The second-order valence-electron chi connectivity index (χ2n) is 25.1. The van der Waals surface area contributed by atoms with Crippen LogP contribution in [0.2, 0.25) is 0 Å². The first kappa shape index (κ1) is 54.1. The van der Waals surface area contributed by atoms with E-state index in [1.807, 2.05) is 36.4 Å². The number of ether oxygens (including phenoxy) is 1. The standard InChI is InChI=1S/C84H57BN6O/c1-84(2,3)59-38-44-78(69(50-59)56-21-7-4-8-22-56)91-79-51-62(89-72-31-17-13-27-63(72)64-28-14-18-32-73(64)89)39-41-70(79)85-71-40-37-57(67-45-54(52-86)35-42-76(67)88(60-23-9-5-10-24-60)61-25-11-6-12-26-61)48-81(71)92-82-49-58(47-80(91)83(82)85)68-46-55(53-87)36-43-77(68)90-74-33-19-15-29-65(74)66-30-16-20-34-75(66)90/h4-51H,1-3H3. The molecule has 15 aromatic rings. The molecule has 0 saturated carbocycles. The Hall–Kier alpha value is -12.1. The van der Waals surface area contributed by atoms with E-state index in [4.69, 9.17) is 4.74 Å². The van der Waals surface area contributed by atoms with E-state index in [2.05, 4.69) is 307 Å². The van der Waals surface area contributed by atoms with Crippen LogP contribution in [0.3, 0.4) is 0 Å². The smallest absolute Gasteiger partial charge is 0.256 e. The summed E-state index contributed by atoms with van der Waals surface area (Å²) in [6, 6.07) is 108. The van der Waals surface area contributed by atoms with Gasteiger partial charge in [-0.15, -0.1) is 0 Å². The lowest BCUT2D eigenvalue weighted by Crippen LogP contribution is -2.59. The highest BCUT2D eigenvalue weighted by Crippen LogP contribution is 2.50. The normalized spacial score (nSPS) is 12.3. The SMILES string of the molecule is CC(C)(C)c1ccc(N2c3cc(-n4c5ccccc5c5ccccc54)ccc3B3c4ccc(-c5cc(C#N)ccc5N(c5ccccc5)c5ccccc5)cc4Oc4cc(-c5cc(C#N)ccc5-n5c6ccccc6c6ccccc65)cc2c43)c(-c2ccccc2)c1. The fourth-order valence-electron chi connectivity index (χ4n) is 14.5. The quantitative estimate of drug-likeness (QED) is 0.135. The highest BCUT2D eigenvalue weighted by Gasteiger charge is 2.44. The van der Waals surface area contributed by atoms with Gasteiger partial charge in [0, 0.05) is 66.7 Å². The van der Waals surface area contributed by atoms with Crippen LogP contribution >= 0.6 is 0 Å². The first-order valence-electron chi connectivity index (χ1n) is 31.3. The zero-order valence-corrected chi connectivity index (χ0v) is 50.9. The second-order valence-corrected chi connectivity index (χ2v) is 25.1. The van der Waals surface area contributed by atoms with E-state index < -0.39 is 0 Å². The van der Waals surface area contributed by atoms with E-state index in [0.29, 0.717) is 22.6 Å². The van der Waals surface area contributed by atoms with E-state index in [0.717, 1.165) is 128 Å². The predicted molar refractivity (Wildman–Crippen MR) is 380 cm³/mol. The summed E-state index contributed by atoms with van der Waals surface area (Å²) < 4.78 is 12.4. The lowest BCUT2D eigenvalue weighted by molar-refractivity contribution is 0.488. The molecule has 0 N–H and O–H groups in total. The Morgan fingerprint density at radius 2 is 0.891 bits per heavy atom. The molecule has 432 valence electrons. The van der Waals surface area contributed by atoms with Gasteiger partial charge in [0.1, 0.15) is 11.5 Å². The third kappa shape index (κ3) is 8.64. The molecule has 0 spiro atoms. The number of nitrogens with zero attached hydrogens (tertiary/aromatic N) is 6. The van der Waals surface area contributed by atoms with Crippen LogP contribution < -0.4 is 30.9 Å². The van der Waals surface area contributed by atoms with Gasteiger partial charge in [-0.25, -0.2) is 0 Å². The highest BCUT2D eigenvalue weighted by molar-refractivity contribution is 6.99. The molecule has 0 unspecified atom stereocenters. The number of nitriles is 2. The topological polar surface area (TPSA) is 73.2 Å². The molecule has 2 aliphatic rings. The van der Waals surface area contributed by atoms with Crippen molar-refractivity contribution in [3.05, 3.63) is 308 Å². The summed E-state index contributed by atoms with van der Waals surface area (Å²) in [5.74, 6) is 1.42. The van der Waals surface area contributed by atoms with Crippen molar-refractivity contribution < 1.29 is 4.74 Å². The Morgan fingerprint density at radius 3 is 1.49 bits per heavy atom. The van der Waals surface area contributed by atoms with Gasteiger partial charge in [0.25, 0.3) is 6.71 Å². The molecular weight excluding hydrogens is 1120 g/mol. The van der Waals surface area contributed by atoms with Crippen LogP contribution in [0.5, 0.6) is 11.5 Å². The molecule has 0 radical (unpaired) electrons. The maximum absolute atomic E-state index is 10.9. The number of rotatable bonds is 9. The molecule has 2 aromatic heterocycles. The molecule has 0 amide bonds. The van der Waals surface area contributed by atoms with Crippen molar-refractivity contribution in [3.63, 3.8) is 0 Å². The van der Waals surface area contributed by atoms with Gasteiger partial charge < -0.3 is 23.7 Å². The van der Waals surface area contributed by atoms with E-state index in [-0.39, 0.29) is 12.1 Å². The van der Waals surface area contributed by atoms with E-state index in [9.17, 15) is 10.5 Å². The molecule has 92 heavy (non-hydrogen) atoms. The Balaban J connectivity index is 0.969. The van der Waals surface area contributed by atoms with E-state index >= 15 is 0 Å². The van der Waals surface area contributed by atoms with Crippen molar-refractivity contribution in [1.82, 2.24) is 9.13 Å². The van der Waals surface area contributed by atoms with Crippen LogP contribution in [0.4, 0.5) is 34.1 Å². The fourth-order valence-corrected chi connectivity index (χ4v) is 14.5.